The van der Waals surface area contributed by atoms with Crippen LogP contribution < -0.4 is 5.32 Å². The van der Waals surface area contributed by atoms with Gasteiger partial charge in [-0.1, -0.05) is 0 Å². The molecule has 0 aliphatic rings. The lowest BCUT2D eigenvalue weighted by Crippen LogP contribution is -2.20. The molecular formula is C3H5NO3. The highest BCUT2D eigenvalue weighted by molar-refractivity contribution is 5.71. The molecule has 0 bridgehead atoms. The van der Waals surface area contributed by atoms with Gasteiger partial charge >= 0.3 is 5.97 Å². The second-order valence-corrected chi connectivity index (χ2v) is 0.849. The third-order valence-electron chi connectivity index (χ3n) is 0.312. The van der Waals surface area contributed by atoms with Crippen LogP contribution in [0.5, 0.6) is 0 Å². The van der Waals surface area contributed by atoms with E-state index in [4.69, 9.17) is 6.48 Å². The number of carboxylic acid groups (broad SMARTS) is 1. The zero-order valence-corrected chi connectivity index (χ0v) is 3.47. The molecule has 2 N–H and O–H groups in total. The van der Waals surface area contributed by atoms with Crippen molar-refractivity contribution in [2.24, 2.45) is 0 Å². The molecule has 0 spiro atoms. The van der Waals surface area contributed by atoms with Gasteiger partial charge in [0.1, 0.15) is 7.92 Å². The van der Waals surface area contributed by atoms with E-state index >= 15 is 0 Å². The minimum Gasteiger partial charge on any atom is -0.480 e. The van der Waals surface area contributed by atoms with E-state index in [2.05, 4.69) is 0 Å². The lowest BCUT2D eigenvalue weighted by molar-refractivity contribution is -0.136. The first kappa shape index (κ1) is 4.11. The second-order valence-electron chi connectivity index (χ2n) is 0.849. The Balaban J connectivity index is 3.18. The van der Waals surface area contributed by atoms with E-state index in [1.807, 2.05) is 0 Å². The molecule has 0 unspecified atom stereocenters. The minimum absolute atomic E-state index is 0.484. The van der Waals surface area contributed by atoms with Crippen molar-refractivity contribution in [1.29, 1.82) is 0 Å². The molecule has 0 aromatic rings. The van der Waals surface area contributed by atoms with Crippen molar-refractivity contribution in [2.75, 3.05) is 6.54 Å². The highest BCUT2D eigenvalue weighted by atomic mass is 16.4. The topological polar surface area (TPSA) is 66.4 Å². The molecule has 0 fully saturated rings. The average molecular weight is 105 g/mol. The van der Waals surface area contributed by atoms with Gasteiger partial charge in [0, 0.05) is 0 Å². The van der Waals surface area contributed by atoms with E-state index in [0.717, 1.165) is 0 Å². The summed E-state index contributed by atoms with van der Waals surface area (Å²) >= 11 is 0. The number of nitrogens with one attached hydrogen (secondary N) is 1. The highest BCUT2D eigenvalue weighted by Gasteiger charge is 1.88. The Morgan fingerprint density at radius 2 is 2.71 bits per heavy atom. The summed E-state index contributed by atoms with van der Waals surface area (Å²) in [6.07, 6.45) is -1.08. The third-order valence-corrected chi connectivity index (χ3v) is 0.312. The predicted molar refractivity (Wildman–Crippen MR) is 21.7 cm³/mol. The monoisotopic (exact) mass is 105 g/mol. The van der Waals surface area contributed by atoms with Crippen LogP contribution in [0.4, 0.5) is 0 Å². The van der Waals surface area contributed by atoms with Crippen LogP contribution in [0, 0.1) is 0 Å². The van der Waals surface area contributed by atoms with Crippen molar-refractivity contribution in [2.45, 2.75) is 0 Å². The van der Waals surface area contributed by atoms with E-state index in [9.17, 15) is 9.59 Å². The fraction of sp³-hybridized carbons (Fsp3) is 0.333. The number of rotatable bonds is 2. The van der Waals surface area contributed by atoms with Gasteiger partial charge in [0.2, 0.25) is 6.39 Å². The van der Waals surface area contributed by atoms with Crippen molar-refractivity contribution >= 4 is 12.4 Å². The summed E-state index contributed by atoms with van der Waals surface area (Å²) in [5.74, 6) is -1.15. The van der Waals surface area contributed by atoms with Crippen molar-refractivity contribution in [3.05, 3.63) is 0 Å². The van der Waals surface area contributed by atoms with E-state index in [-0.39, 0.29) is 0 Å². The predicted octanol–water partition coefficient (Wildman–Crippen LogP) is -1.18. The maximum absolute atomic E-state index is 9.64. The molecule has 40 valence electrons. The Kier molecular flexibility index (Phi) is 1.84. The summed E-state index contributed by atoms with van der Waals surface area (Å²) in [5.41, 5.74) is 0. The van der Waals surface area contributed by atoms with Crippen LogP contribution in [0.3, 0.4) is 0 Å². The fourth-order valence-corrected chi connectivity index (χ4v) is 0.112. The number of carbonyl (C=O) groups excluding carboxylic acids is 1. The quantitative estimate of drug-likeness (QED) is 0.434. The molecule has 0 rings (SSSR count). The molecule has 4 nitrogen and oxygen atoms in total. The van der Waals surface area contributed by atoms with E-state index in [1.165, 1.54) is 0 Å². The number of carbonyl (C=O) groups is 2. The summed E-state index contributed by atoms with van der Waals surface area (Å²) < 4.78 is 6.16. The van der Waals surface area contributed by atoms with Crippen LogP contribution in [0.15, 0.2) is 0 Å². The third kappa shape index (κ3) is 4.94. The van der Waals surface area contributed by atoms with Gasteiger partial charge in [-0.2, -0.15) is 0 Å². The number of aliphatic carboxylic acids is 1. The van der Waals surface area contributed by atoms with Gasteiger partial charge in [-0.15, -0.1) is 0 Å². The van der Waals surface area contributed by atoms with Crippen LogP contribution in [0.1, 0.15) is 1.37 Å². The number of hydrogen-bond donors (Lipinski definition) is 2. The molecule has 7 heavy (non-hydrogen) atoms. The van der Waals surface area contributed by atoms with E-state index < -0.39 is 18.9 Å². The normalized spacial score (nSPS) is 9.43. The van der Waals surface area contributed by atoms with Crippen LogP contribution in [-0.2, 0) is 9.59 Å². The lowest BCUT2D eigenvalue weighted by Gasteiger charge is -1.85. The first-order valence-electron chi connectivity index (χ1n) is 2.09. The van der Waals surface area contributed by atoms with Crippen LogP contribution in [0.2, 0.25) is 0 Å². The molecule has 0 aliphatic carbocycles. The summed E-state index contributed by atoms with van der Waals surface area (Å²) in [7, 11) is 0. The molecule has 0 saturated carbocycles. The largest absolute Gasteiger partial charge is 0.480 e. The lowest BCUT2D eigenvalue weighted by atomic mass is 10.7. The van der Waals surface area contributed by atoms with E-state index in [1.54, 1.807) is 5.32 Å². The zero-order chi connectivity index (χ0) is 6.57. The van der Waals surface area contributed by atoms with Gasteiger partial charge in [0.25, 0.3) is 0 Å². The van der Waals surface area contributed by atoms with Crippen LogP contribution >= 0.6 is 0 Å². The summed E-state index contributed by atoms with van der Waals surface area (Å²) in [6, 6.07) is 0. The summed E-state index contributed by atoms with van der Waals surface area (Å²) in [6.45, 7) is -0.484. The van der Waals surface area contributed by atoms with Crippen molar-refractivity contribution in [3.63, 3.8) is 0 Å². The van der Waals surface area contributed by atoms with Crippen molar-refractivity contribution in [1.82, 2.24) is 5.32 Å². The molecule has 0 saturated heterocycles. The average Bonchev–Trinajstić information content (AvgIpc) is 1.61. The first-order chi connectivity index (χ1) is 3.63. The second kappa shape index (κ2) is 3.14. The maximum atomic E-state index is 9.64. The molecule has 0 aromatic carbocycles. The molecule has 0 aliphatic heterocycles. The van der Waals surface area contributed by atoms with Crippen molar-refractivity contribution in [3.8, 4) is 0 Å². The van der Waals surface area contributed by atoms with Gasteiger partial charge in [-0.3, -0.25) is 9.59 Å². The Bertz CT molecular complexity index is 99.1. The Morgan fingerprint density at radius 1 is 2.14 bits per heavy atom. The Hall–Kier alpha value is -1.06. The maximum Gasteiger partial charge on any atom is 0.322 e. The fourth-order valence-electron chi connectivity index (χ4n) is 0.112. The number of amides is 1. The standard InChI is InChI=1S/C3H5NO3/c5-2-4-1-3(6)7/h2H,1H2,(H,4,5)(H,6,7)/i2T. The highest BCUT2D eigenvalue weighted by Crippen LogP contribution is 1.51. The molecule has 0 aromatic heterocycles. The zero-order valence-electron chi connectivity index (χ0n) is 4.47. The van der Waals surface area contributed by atoms with Gasteiger partial charge in [0.15, 0.2) is 0 Å². The Labute approximate surface area is 41.5 Å². The molecule has 0 heterocycles. The molecule has 0 radical (unpaired) electrons. The van der Waals surface area contributed by atoms with Gasteiger partial charge < -0.3 is 10.4 Å². The summed E-state index contributed by atoms with van der Waals surface area (Å²) in [4.78, 5) is 19.2. The number of hydrogen-bond acceptors (Lipinski definition) is 2. The molecular weight excluding hydrogens is 98.0 g/mol. The first-order valence-corrected chi connectivity index (χ1v) is 1.59. The minimum atomic E-state index is -1.15. The SMILES string of the molecule is [3H]C(=O)NCC(=O)O. The smallest absolute Gasteiger partial charge is 0.322 e. The van der Waals surface area contributed by atoms with Crippen LogP contribution in [-0.4, -0.2) is 24.0 Å². The Morgan fingerprint density at radius 3 is 2.86 bits per heavy atom. The van der Waals surface area contributed by atoms with Crippen molar-refractivity contribution < 1.29 is 16.1 Å². The molecule has 4 heteroatoms. The van der Waals surface area contributed by atoms with E-state index in [0.29, 0.717) is 0 Å². The van der Waals surface area contributed by atoms with Gasteiger partial charge in [0.05, 0.1) is 0 Å². The van der Waals surface area contributed by atoms with Gasteiger partial charge in [-0.05, 0) is 0 Å². The van der Waals surface area contributed by atoms with Crippen LogP contribution in [0.25, 0.3) is 0 Å². The molecule has 1 amide bonds. The number of carboxylic acids is 1. The van der Waals surface area contributed by atoms with Gasteiger partial charge in [-0.25, -0.2) is 0 Å². The molecule has 0 atom stereocenters. The summed E-state index contributed by atoms with van der Waals surface area (Å²) in [5, 5.41) is 9.64.